The number of rotatable bonds is 0. The molecule has 0 aliphatic carbocycles. The fourth-order valence-corrected chi connectivity index (χ4v) is 0.376. The molecule has 1 radical (unpaired) electrons. The van der Waals surface area contributed by atoms with E-state index in [4.69, 9.17) is 0 Å². The van der Waals surface area contributed by atoms with Gasteiger partial charge in [0.25, 0.3) is 0 Å². The normalized spacial score (nSPS) is 8.83. The Morgan fingerprint density at radius 3 is 2.67 bits per heavy atom. The van der Waals surface area contributed by atoms with Gasteiger partial charge in [0, 0.05) is 13.2 Å². The highest BCUT2D eigenvalue weighted by molar-refractivity contribution is 4.86. The third kappa shape index (κ3) is 0.432. The van der Waals surface area contributed by atoms with Crippen molar-refractivity contribution in [2.24, 2.45) is 7.05 Å². The summed E-state index contributed by atoms with van der Waals surface area (Å²) < 4.78 is 1.88. The summed E-state index contributed by atoms with van der Waals surface area (Å²) in [6, 6.07) is 3.82. The molecule has 0 saturated carbocycles. The lowest BCUT2D eigenvalue weighted by Gasteiger charge is -1.77. The van der Waals surface area contributed by atoms with E-state index in [1.807, 2.05) is 29.9 Å². The van der Waals surface area contributed by atoms with Crippen LogP contribution in [0.25, 0.3) is 0 Å². The highest BCUT2D eigenvalue weighted by Crippen LogP contribution is 1.79. The van der Waals surface area contributed by atoms with E-state index in [2.05, 4.69) is 6.20 Å². The van der Waals surface area contributed by atoms with Gasteiger partial charge in [0.2, 0.25) is 0 Å². The molecule has 0 aliphatic rings. The van der Waals surface area contributed by atoms with Crippen LogP contribution >= 0.6 is 0 Å². The number of nitrogens with zero attached hydrogens (tertiary/aromatic N) is 1. The van der Waals surface area contributed by atoms with E-state index in [0.717, 1.165) is 0 Å². The molecule has 0 N–H and O–H groups in total. The number of hydrogen-bond acceptors (Lipinski definition) is 0. The molecule has 0 unspecified atom stereocenters. The van der Waals surface area contributed by atoms with E-state index >= 15 is 0 Å². The van der Waals surface area contributed by atoms with Crippen LogP contribution in [0.4, 0.5) is 0 Å². The van der Waals surface area contributed by atoms with E-state index in [1.54, 1.807) is 0 Å². The quantitative estimate of drug-likeness (QED) is 0.435. The first kappa shape index (κ1) is 3.47. The molecule has 31 valence electrons. The van der Waals surface area contributed by atoms with Gasteiger partial charge in [0.05, 0.1) is 6.20 Å². The average Bonchev–Trinajstić information content (AvgIpc) is 1.86. The molecule has 1 aromatic rings. The maximum atomic E-state index is 2.92. The van der Waals surface area contributed by atoms with Crippen LogP contribution in [0.3, 0.4) is 0 Å². The summed E-state index contributed by atoms with van der Waals surface area (Å²) in [6.45, 7) is 0. The van der Waals surface area contributed by atoms with Crippen LogP contribution < -0.4 is 0 Å². The number of aromatic nitrogens is 1. The van der Waals surface area contributed by atoms with Crippen molar-refractivity contribution in [3.8, 4) is 0 Å². The number of hydrogen-bond donors (Lipinski definition) is 0. The van der Waals surface area contributed by atoms with Crippen LogP contribution in [0.5, 0.6) is 0 Å². The Hall–Kier alpha value is -0.720. The first-order valence-corrected chi connectivity index (χ1v) is 1.88. The molecule has 0 saturated heterocycles. The summed E-state index contributed by atoms with van der Waals surface area (Å²) in [6.07, 6.45) is 4.86. The van der Waals surface area contributed by atoms with Crippen molar-refractivity contribution in [1.29, 1.82) is 0 Å². The molecule has 0 amide bonds. The Morgan fingerprint density at radius 1 is 1.67 bits per heavy atom. The summed E-state index contributed by atoms with van der Waals surface area (Å²) in [7, 11) is 1.94. The molecule has 1 rings (SSSR count). The maximum absolute atomic E-state index is 2.92. The van der Waals surface area contributed by atoms with E-state index < -0.39 is 0 Å². The molecule has 0 fully saturated rings. The van der Waals surface area contributed by atoms with Crippen molar-refractivity contribution in [3.63, 3.8) is 0 Å². The summed E-state index contributed by atoms with van der Waals surface area (Å²) in [5, 5.41) is 0. The van der Waals surface area contributed by atoms with Crippen molar-refractivity contribution < 1.29 is 0 Å². The van der Waals surface area contributed by atoms with Crippen LogP contribution in [0.15, 0.2) is 18.3 Å². The molecular weight excluding hydrogens is 74.1 g/mol. The molecule has 0 aromatic carbocycles. The van der Waals surface area contributed by atoms with Crippen LogP contribution in [0.2, 0.25) is 0 Å². The Balaban J connectivity index is 3.05. The van der Waals surface area contributed by atoms with Crippen LogP contribution in [0, 0.1) is 6.20 Å². The monoisotopic (exact) mass is 80.1 g/mol. The highest BCUT2D eigenvalue weighted by atomic mass is 14.9. The van der Waals surface area contributed by atoms with Gasteiger partial charge in [0.15, 0.2) is 0 Å². The first-order valence-electron chi connectivity index (χ1n) is 1.88. The van der Waals surface area contributed by atoms with Gasteiger partial charge in [-0.05, 0) is 12.1 Å². The molecule has 0 spiro atoms. The second-order valence-electron chi connectivity index (χ2n) is 1.25. The Morgan fingerprint density at radius 2 is 2.50 bits per heavy atom. The van der Waals surface area contributed by atoms with Gasteiger partial charge in [-0.1, -0.05) is 0 Å². The summed E-state index contributed by atoms with van der Waals surface area (Å²) in [5.74, 6) is 0. The third-order valence-electron chi connectivity index (χ3n) is 0.684. The van der Waals surface area contributed by atoms with Crippen molar-refractivity contribution in [3.05, 3.63) is 24.5 Å². The van der Waals surface area contributed by atoms with Gasteiger partial charge >= 0.3 is 0 Å². The van der Waals surface area contributed by atoms with Crippen molar-refractivity contribution >= 4 is 0 Å². The summed E-state index contributed by atoms with van der Waals surface area (Å²) >= 11 is 0. The van der Waals surface area contributed by atoms with Gasteiger partial charge in [-0.3, -0.25) is 0 Å². The molecule has 1 nitrogen and oxygen atoms in total. The second kappa shape index (κ2) is 1.17. The third-order valence-corrected chi connectivity index (χ3v) is 0.684. The predicted molar refractivity (Wildman–Crippen MR) is 24.2 cm³/mol. The van der Waals surface area contributed by atoms with Gasteiger partial charge in [0.1, 0.15) is 0 Å². The molecule has 6 heavy (non-hydrogen) atoms. The van der Waals surface area contributed by atoms with Crippen LogP contribution in [0.1, 0.15) is 0 Å². The van der Waals surface area contributed by atoms with Crippen molar-refractivity contribution in [2.45, 2.75) is 0 Å². The largest absolute Gasteiger partial charge is 0.349 e. The van der Waals surface area contributed by atoms with Gasteiger partial charge in [-0.2, -0.15) is 0 Å². The van der Waals surface area contributed by atoms with E-state index in [0.29, 0.717) is 0 Å². The standard InChI is InChI=1S/C5H6N/c1-6-4-2-3-5-6/h2-4H,1H3. The van der Waals surface area contributed by atoms with E-state index in [1.165, 1.54) is 0 Å². The smallest absolute Gasteiger partial charge is 0.0645 e. The molecule has 0 aliphatic heterocycles. The second-order valence-corrected chi connectivity index (χ2v) is 1.25. The van der Waals surface area contributed by atoms with E-state index in [-0.39, 0.29) is 0 Å². The minimum Gasteiger partial charge on any atom is -0.349 e. The zero-order valence-electron chi connectivity index (χ0n) is 3.68. The Labute approximate surface area is 37.2 Å². The van der Waals surface area contributed by atoms with Gasteiger partial charge in [-0.15, -0.1) is 0 Å². The molecule has 1 heteroatoms. The average molecular weight is 80.1 g/mol. The van der Waals surface area contributed by atoms with E-state index in [9.17, 15) is 0 Å². The predicted octanol–water partition coefficient (Wildman–Crippen LogP) is 0.825. The van der Waals surface area contributed by atoms with Gasteiger partial charge in [-0.25, -0.2) is 0 Å². The lowest BCUT2D eigenvalue weighted by atomic mass is 10.7. The SMILES string of the molecule is Cn1[c]ccc1. The lowest BCUT2D eigenvalue weighted by molar-refractivity contribution is 0.919. The van der Waals surface area contributed by atoms with Crippen LogP contribution in [-0.4, -0.2) is 4.57 Å². The zero-order chi connectivity index (χ0) is 4.41. The molecule has 1 heterocycles. The fraction of sp³-hybridized carbons (Fsp3) is 0.200. The molecular formula is C5H6N. The lowest BCUT2D eigenvalue weighted by Crippen LogP contribution is -1.76. The van der Waals surface area contributed by atoms with Crippen LogP contribution in [-0.2, 0) is 7.05 Å². The Kier molecular flexibility index (Phi) is 0.675. The maximum Gasteiger partial charge on any atom is 0.0645 e. The first-order chi connectivity index (χ1) is 2.89. The minimum absolute atomic E-state index is 1.88. The zero-order valence-corrected chi connectivity index (χ0v) is 3.68. The molecule has 0 bridgehead atoms. The number of aryl methyl sites for hydroxylation is 1. The molecule has 1 aromatic heterocycles. The van der Waals surface area contributed by atoms with Crippen molar-refractivity contribution in [2.75, 3.05) is 0 Å². The Bertz CT molecular complexity index is 107. The molecule has 0 atom stereocenters. The highest BCUT2D eigenvalue weighted by Gasteiger charge is 1.69. The topological polar surface area (TPSA) is 4.93 Å². The summed E-state index contributed by atoms with van der Waals surface area (Å²) in [4.78, 5) is 0. The van der Waals surface area contributed by atoms with Gasteiger partial charge < -0.3 is 4.57 Å². The van der Waals surface area contributed by atoms with Crippen molar-refractivity contribution in [1.82, 2.24) is 4.57 Å². The minimum atomic E-state index is 1.88. The summed E-state index contributed by atoms with van der Waals surface area (Å²) in [5.41, 5.74) is 0. The fourth-order valence-electron chi connectivity index (χ4n) is 0.376.